The number of aromatic nitrogens is 1. The van der Waals surface area contributed by atoms with Gasteiger partial charge < -0.3 is 11.1 Å². The number of thiazole rings is 1. The molecule has 3 N–H and O–H groups in total. The highest BCUT2D eigenvalue weighted by atomic mass is 32.1. The van der Waals surface area contributed by atoms with E-state index in [4.69, 9.17) is 5.73 Å². The van der Waals surface area contributed by atoms with Gasteiger partial charge in [-0.2, -0.15) is 0 Å². The molecule has 1 heterocycles. The van der Waals surface area contributed by atoms with Gasteiger partial charge in [-0.05, 0) is 37.6 Å². The number of hydrogen-bond acceptors (Lipinski definition) is 4. The number of aryl methyl sites for hydroxylation is 2. The van der Waals surface area contributed by atoms with Gasteiger partial charge in [0.1, 0.15) is 0 Å². The molecule has 0 atom stereocenters. The van der Waals surface area contributed by atoms with Crippen molar-refractivity contribution >= 4 is 17.2 Å². The van der Waals surface area contributed by atoms with Crippen molar-refractivity contribution < 1.29 is 4.79 Å². The number of rotatable bonds is 3. The third-order valence-corrected chi connectivity index (χ3v) is 3.73. The van der Waals surface area contributed by atoms with E-state index in [9.17, 15) is 4.79 Å². The van der Waals surface area contributed by atoms with Crippen molar-refractivity contribution in [3.05, 3.63) is 51.0 Å². The maximum absolute atomic E-state index is 12.1. The minimum absolute atomic E-state index is 0.109. The van der Waals surface area contributed by atoms with Crippen LogP contribution in [0.15, 0.2) is 23.6 Å². The first-order valence-corrected chi connectivity index (χ1v) is 7.47. The van der Waals surface area contributed by atoms with Crippen LogP contribution in [0.3, 0.4) is 0 Å². The highest BCUT2D eigenvalue weighted by Crippen LogP contribution is 2.11. The highest BCUT2D eigenvalue weighted by molar-refractivity contribution is 7.09. The Labute approximate surface area is 128 Å². The van der Waals surface area contributed by atoms with Gasteiger partial charge in [-0.1, -0.05) is 11.8 Å². The molecule has 0 aliphatic rings. The van der Waals surface area contributed by atoms with E-state index < -0.39 is 0 Å². The molecule has 4 nitrogen and oxygen atoms in total. The molecule has 1 amide bonds. The third-order valence-electron chi connectivity index (χ3n) is 2.91. The van der Waals surface area contributed by atoms with Gasteiger partial charge in [0.25, 0.3) is 5.91 Å². The Kier molecular flexibility index (Phi) is 5.09. The van der Waals surface area contributed by atoms with Crippen molar-refractivity contribution in [3.63, 3.8) is 0 Å². The summed E-state index contributed by atoms with van der Waals surface area (Å²) >= 11 is 1.58. The molecular weight excluding hydrogens is 282 g/mol. The molecule has 0 unspecified atom stereocenters. The standard InChI is InChI=1S/C16H17N3OS/c1-11-8-14(6-5-13(11)4-3-7-17)16(20)18-9-15-10-21-12(2)19-15/h5-6,8,10H,7,9,17H2,1-2H3,(H,18,20). The summed E-state index contributed by atoms with van der Waals surface area (Å²) in [5.74, 6) is 5.69. The Hall–Kier alpha value is -2.16. The molecule has 5 heteroatoms. The lowest BCUT2D eigenvalue weighted by Gasteiger charge is -2.05. The zero-order chi connectivity index (χ0) is 15.2. The minimum Gasteiger partial charge on any atom is -0.346 e. The van der Waals surface area contributed by atoms with E-state index in [0.717, 1.165) is 21.8 Å². The first-order chi connectivity index (χ1) is 10.1. The number of nitrogens with zero attached hydrogens (tertiary/aromatic N) is 1. The average molecular weight is 299 g/mol. The van der Waals surface area contributed by atoms with E-state index in [-0.39, 0.29) is 5.91 Å². The topological polar surface area (TPSA) is 68.0 Å². The summed E-state index contributed by atoms with van der Waals surface area (Å²) in [5, 5.41) is 5.82. The fourth-order valence-corrected chi connectivity index (χ4v) is 2.47. The monoisotopic (exact) mass is 299 g/mol. The van der Waals surface area contributed by atoms with Crippen molar-refractivity contribution in [3.8, 4) is 11.8 Å². The third kappa shape index (κ3) is 4.15. The molecule has 0 radical (unpaired) electrons. The number of nitrogens with one attached hydrogen (secondary N) is 1. The Morgan fingerprint density at radius 1 is 1.43 bits per heavy atom. The zero-order valence-corrected chi connectivity index (χ0v) is 12.9. The van der Waals surface area contributed by atoms with E-state index in [0.29, 0.717) is 18.7 Å². The number of amides is 1. The summed E-state index contributed by atoms with van der Waals surface area (Å²) in [6, 6.07) is 5.46. The van der Waals surface area contributed by atoms with Gasteiger partial charge in [0, 0.05) is 16.5 Å². The van der Waals surface area contributed by atoms with Crippen LogP contribution in [0, 0.1) is 25.7 Å². The molecule has 0 saturated heterocycles. The number of hydrogen-bond donors (Lipinski definition) is 2. The number of carbonyl (C=O) groups is 1. The largest absolute Gasteiger partial charge is 0.346 e. The van der Waals surface area contributed by atoms with Crippen LogP contribution in [0.4, 0.5) is 0 Å². The predicted octanol–water partition coefficient (Wildman–Crippen LogP) is 2.00. The molecule has 0 saturated carbocycles. The second-order valence-corrected chi connectivity index (χ2v) is 5.64. The Morgan fingerprint density at radius 2 is 2.24 bits per heavy atom. The molecule has 1 aromatic carbocycles. The van der Waals surface area contributed by atoms with Gasteiger partial charge in [-0.25, -0.2) is 4.98 Å². The molecule has 0 spiro atoms. The summed E-state index contributed by atoms with van der Waals surface area (Å²) in [6.45, 7) is 4.65. The molecule has 0 bridgehead atoms. The van der Waals surface area contributed by atoms with Crippen molar-refractivity contribution in [2.24, 2.45) is 5.73 Å². The zero-order valence-electron chi connectivity index (χ0n) is 12.1. The molecular formula is C16H17N3OS. The fourth-order valence-electron chi connectivity index (χ4n) is 1.85. The van der Waals surface area contributed by atoms with Gasteiger partial charge in [0.05, 0.1) is 23.8 Å². The predicted molar refractivity (Wildman–Crippen MR) is 85.1 cm³/mol. The molecule has 2 aromatic rings. The molecule has 0 fully saturated rings. The van der Waals surface area contributed by atoms with Crippen molar-refractivity contribution in [2.75, 3.05) is 6.54 Å². The first-order valence-electron chi connectivity index (χ1n) is 6.59. The van der Waals surface area contributed by atoms with Crippen LogP contribution in [0.25, 0.3) is 0 Å². The van der Waals surface area contributed by atoms with Gasteiger partial charge in [-0.3, -0.25) is 4.79 Å². The summed E-state index contributed by atoms with van der Waals surface area (Å²) in [7, 11) is 0. The van der Waals surface area contributed by atoms with Gasteiger partial charge >= 0.3 is 0 Å². The maximum Gasteiger partial charge on any atom is 0.251 e. The summed E-state index contributed by atoms with van der Waals surface area (Å²) in [5.41, 5.74) is 8.72. The van der Waals surface area contributed by atoms with E-state index in [1.165, 1.54) is 0 Å². The van der Waals surface area contributed by atoms with Crippen LogP contribution in [0.5, 0.6) is 0 Å². The quantitative estimate of drug-likeness (QED) is 0.852. The smallest absolute Gasteiger partial charge is 0.251 e. The van der Waals surface area contributed by atoms with Gasteiger partial charge in [-0.15, -0.1) is 11.3 Å². The van der Waals surface area contributed by atoms with Crippen molar-refractivity contribution in [1.29, 1.82) is 0 Å². The van der Waals surface area contributed by atoms with Gasteiger partial charge in [0.15, 0.2) is 0 Å². The summed E-state index contributed by atoms with van der Waals surface area (Å²) in [6.07, 6.45) is 0. The molecule has 1 aromatic heterocycles. The fraction of sp³-hybridized carbons (Fsp3) is 0.250. The van der Waals surface area contributed by atoms with E-state index in [2.05, 4.69) is 22.1 Å². The number of nitrogens with two attached hydrogens (primary N) is 1. The van der Waals surface area contributed by atoms with Crippen molar-refractivity contribution in [1.82, 2.24) is 10.3 Å². The summed E-state index contributed by atoms with van der Waals surface area (Å²) < 4.78 is 0. The van der Waals surface area contributed by atoms with Crippen LogP contribution in [-0.4, -0.2) is 17.4 Å². The Morgan fingerprint density at radius 3 is 2.86 bits per heavy atom. The van der Waals surface area contributed by atoms with Crippen LogP contribution >= 0.6 is 11.3 Å². The number of carbonyl (C=O) groups excluding carboxylic acids is 1. The highest BCUT2D eigenvalue weighted by Gasteiger charge is 2.08. The second kappa shape index (κ2) is 7.02. The normalized spacial score (nSPS) is 9.86. The van der Waals surface area contributed by atoms with E-state index >= 15 is 0 Å². The minimum atomic E-state index is -0.109. The van der Waals surface area contributed by atoms with Crippen LogP contribution in [0.2, 0.25) is 0 Å². The van der Waals surface area contributed by atoms with Crippen LogP contribution in [0.1, 0.15) is 32.2 Å². The molecule has 108 valence electrons. The molecule has 2 rings (SSSR count). The maximum atomic E-state index is 12.1. The second-order valence-electron chi connectivity index (χ2n) is 4.58. The Bertz CT molecular complexity index is 710. The molecule has 21 heavy (non-hydrogen) atoms. The Balaban J connectivity index is 2.04. The lowest BCUT2D eigenvalue weighted by molar-refractivity contribution is 0.0950. The summed E-state index contributed by atoms with van der Waals surface area (Å²) in [4.78, 5) is 16.4. The lowest BCUT2D eigenvalue weighted by atomic mass is 10.0. The first kappa shape index (κ1) is 15.2. The lowest BCUT2D eigenvalue weighted by Crippen LogP contribution is -2.23. The van der Waals surface area contributed by atoms with Gasteiger partial charge in [0.2, 0.25) is 0 Å². The molecule has 0 aliphatic carbocycles. The average Bonchev–Trinajstić information content (AvgIpc) is 2.89. The van der Waals surface area contributed by atoms with Crippen molar-refractivity contribution in [2.45, 2.75) is 20.4 Å². The number of benzene rings is 1. The van der Waals surface area contributed by atoms with E-state index in [1.54, 1.807) is 17.4 Å². The van der Waals surface area contributed by atoms with Crippen LogP contribution < -0.4 is 11.1 Å². The van der Waals surface area contributed by atoms with Crippen LogP contribution in [-0.2, 0) is 6.54 Å². The molecule has 0 aliphatic heterocycles. The SMILES string of the molecule is Cc1nc(CNC(=O)c2ccc(C#CCN)c(C)c2)cs1. The van der Waals surface area contributed by atoms with E-state index in [1.807, 2.05) is 31.4 Å².